The fraction of sp³-hybridized carbons (Fsp3) is 0.636. The molecule has 0 fully saturated rings. The number of methoxy groups -OCH3 is 1. The minimum absolute atomic E-state index is 0.462. The van der Waals surface area contributed by atoms with Crippen molar-refractivity contribution in [2.45, 2.75) is 6.54 Å². The molecule has 0 unspecified atom stereocenters. The Balaban J connectivity index is 2.14. The van der Waals surface area contributed by atoms with Crippen LogP contribution < -0.4 is 10.1 Å². The molecule has 0 aliphatic carbocycles. The monoisotopic (exact) mass is 241 g/mol. The highest BCUT2D eigenvalue weighted by atomic mass is 16.5. The number of hydrogen-bond donors (Lipinski definition) is 1. The van der Waals surface area contributed by atoms with Crippen LogP contribution in [0.4, 0.5) is 0 Å². The van der Waals surface area contributed by atoms with Crippen LogP contribution in [0.5, 0.6) is 5.88 Å². The second-order valence-corrected chi connectivity index (χ2v) is 3.33. The Morgan fingerprint density at radius 2 is 1.94 bits per heavy atom. The zero-order chi connectivity index (χ0) is 12.3. The van der Waals surface area contributed by atoms with E-state index in [2.05, 4.69) is 15.3 Å². The molecule has 1 rings (SSSR count). The maximum Gasteiger partial charge on any atom is 0.232 e. The Bertz CT molecular complexity index is 293. The Hall–Kier alpha value is -1.24. The summed E-state index contributed by atoms with van der Waals surface area (Å²) < 4.78 is 15.5. The zero-order valence-corrected chi connectivity index (χ0v) is 10.3. The summed E-state index contributed by atoms with van der Waals surface area (Å²) in [5, 5.41) is 3.00. The van der Waals surface area contributed by atoms with Crippen LogP contribution in [0.3, 0.4) is 0 Å². The third kappa shape index (κ3) is 6.15. The molecule has 0 saturated heterocycles. The van der Waals surface area contributed by atoms with Crippen molar-refractivity contribution in [3.05, 3.63) is 18.1 Å². The largest absolute Gasteiger partial charge is 0.474 e. The van der Waals surface area contributed by atoms with Gasteiger partial charge in [-0.15, -0.1) is 0 Å². The molecule has 0 bridgehead atoms. The van der Waals surface area contributed by atoms with Gasteiger partial charge in [0.15, 0.2) is 0 Å². The smallest absolute Gasteiger partial charge is 0.232 e. The van der Waals surface area contributed by atoms with Crippen LogP contribution in [0.1, 0.15) is 5.69 Å². The summed E-state index contributed by atoms with van der Waals surface area (Å²) >= 11 is 0. The fourth-order valence-electron chi connectivity index (χ4n) is 1.14. The van der Waals surface area contributed by atoms with E-state index in [0.717, 1.165) is 5.69 Å². The second kappa shape index (κ2) is 8.86. The molecule has 0 aliphatic heterocycles. The lowest BCUT2D eigenvalue weighted by molar-refractivity contribution is 0.0536. The van der Waals surface area contributed by atoms with Gasteiger partial charge in [-0.1, -0.05) is 0 Å². The molecular weight excluding hydrogens is 222 g/mol. The normalized spacial score (nSPS) is 10.5. The van der Waals surface area contributed by atoms with Crippen molar-refractivity contribution < 1.29 is 14.2 Å². The molecule has 1 heterocycles. The Kier molecular flexibility index (Phi) is 7.20. The van der Waals surface area contributed by atoms with Crippen LogP contribution in [0, 0.1) is 0 Å². The summed E-state index contributed by atoms with van der Waals surface area (Å²) in [4.78, 5) is 8.31. The third-order valence-corrected chi connectivity index (χ3v) is 1.95. The molecule has 1 aromatic rings. The van der Waals surface area contributed by atoms with Gasteiger partial charge in [-0.05, 0) is 7.05 Å². The first kappa shape index (κ1) is 13.8. The van der Waals surface area contributed by atoms with Crippen LogP contribution in [-0.2, 0) is 16.0 Å². The van der Waals surface area contributed by atoms with Crippen LogP contribution in [0.25, 0.3) is 0 Å². The van der Waals surface area contributed by atoms with Gasteiger partial charge < -0.3 is 19.5 Å². The number of nitrogens with zero attached hydrogens (tertiary/aromatic N) is 2. The van der Waals surface area contributed by atoms with E-state index in [1.165, 1.54) is 0 Å². The highest BCUT2D eigenvalue weighted by molar-refractivity contribution is 5.06. The van der Waals surface area contributed by atoms with Crippen LogP contribution in [0.2, 0.25) is 0 Å². The van der Waals surface area contributed by atoms with Crippen molar-refractivity contribution in [2.24, 2.45) is 0 Å². The van der Waals surface area contributed by atoms with Crippen molar-refractivity contribution in [3.8, 4) is 5.88 Å². The van der Waals surface area contributed by atoms with Gasteiger partial charge in [0.25, 0.3) is 0 Å². The van der Waals surface area contributed by atoms with Crippen molar-refractivity contribution in [1.29, 1.82) is 0 Å². The summed E-state index contributed by atoms with van der Waals surface area (Å²) in [6.07, 6.45) is 3.31. The van der Waals surface area contributed by atoms with E-state index in [4.69, 9.17) is 14.2 Å². The van der Waals surface area contributed by atoms with Crippen molar-refractivity contribution in [3.63, 3.8) is 0 Å². The Morgan fingerprint density at radius 1 is 1.12 bits per heavy atom. The molecule has 0 aliphatic rings. The van der Waals surface area contributed by atoms with Gasteiger partial charge in [0.1, 0.15) is 6.61 Å². The number of ether oxygens (including phenoxy) is 3. The van der Waals surface area contributed by atoms with Gasteiger partial charge in [-0.3, -0.25) is 4.98 Å². The molecule has 0 saturated carbocycles. The van der Waals surface area contributed by atoms with Gasteiger partial charge in [-0.25, -0.2) is 4.98 Å². The van der Waals surface area contributed by atoms with Gasteiger partial charge in [0.05, 0.1) is 37.9 Å². The number of rotatable bonds is 9. The third-order valence-electron chi connectivity index (χ3n) is 1.95. The highest BCUT2D eigenvalue weighted by Gasteiger charge is 1.97. The van der Waals surface area contributed by atoms with Crippen molar-refractivity contribution in [2.75, 3.05) is 40.6 Å². The molecule has 17 heavy (non-hydrogen) atoms. The highest BCUT2D eigenvalue weighted by Crippen LogP contribution is 2.03. The lowest BCUT2D eigenvalue weighted by Gasteiger charge is -2.06. The summed E-state index contributed by atoms with van der Waals surface area (Å²) in [7, 11) is 3.51. The SMILES string of the molecule is CNCc1cnc(OCCOCCOC)cn1. The molecule has 0 spiro atoms. The van der Waals surface area contributed by atoms with Crippen molar-refractivity contribution >= 4 is 0 Å². The van der Waals surface area contributed by atoms with E-state index in [1.54, 1.807) is 19.5 Å². The first-order chi connectivity index (χ1) is 8.36. The predicted molar refractivity (Wildman–Crippen MR) is 63.0 cm³/mol. The zero-order valence-electron chi connectivity index (χ0n) is 10.3. The lowest BCUT2D eigenvalue weighted by atomic mass is 10.4. The first-order valence-electron chi connectivity index (χ1n) is 5.52. The molecule has 6 nitrogen and oxygen atoms in total. The van der Waals surface area contributed by atoms with Crippen LogP contribution in [-0.4, -0.2) is 50.6 Å². The van der Waals surface area contributed by atoms with E-state index >= 15 is 0 Å². The van der Waals surface area contributed by atoms with Gasteiger partial charge in [-0.2, -0.15) is 0 Å². The quantitative estimate of drug-likeness (QED) is 0.625. The van der Waals surface area contributed by atoms with E-state index in [-0.39, 0.29) is 0 Å². The van der Waals surface area contributed by atoms with Gasteiger partial charge >= 0.3 is 0 Å². The molecule has 0 aromatic carbocycles. The number of hydrogen-bond acceptors (Lipinski definition) is 6. The average molecular weight is 241 g/mol. The Morgan fingerprint density at radius 3 is 2.59 bits per heavy atom. The minimum atomic E-state index is 0.462. The molecule has 1 aromatic heterocycles. The van der Waals surface area contributed by atoms with Crippen LogP contribution >= 0.6 is 0 Å². The maximum atomic E-state index is 5.36. The summed E-state index contributed by atoms with van der Waals surface area (Å²) in [5.41, 5.74) is 0.885. The van der Waals surface area contributed by atoms with Crippen LogP contribution in [0.15, 0.2) is 12.4 Å². The van der Waals surface area contributed by atoms with Gasteiger partial charge in [0.2, 0.25) is 5.88 Å². The second-order valence-electron chi connectivity index (χ2n) is 3.33. The van der Waals surface area contributed by atoms with E-state index in [1.807, 2.05) is 7.05 Å². The lowest BCUT2D eigenvalue weighted by Crippen LogP contribution is -2.11. The standard InChI is InChI=1S/C11H19N3O3/c1-12-7-10-8-14-11(9-13-10)17-6-5-16-4-3-15-2/h8-9,12H,3-7H2,1-2H3. The predicted octanol–water partition coefficient (Wildman–Crippen LogP) is 0.238. The molecule has 0 radical (unpaired) electrons. The number of nitrogens with one attached hydrogen (secondary N) is 1. The fourth-order valence-corrected chi connectivity index (χ4v) is 1.14. The molecule has 0 amide bonds. The minimum Gasteiger partial charge on any atom is -0.474 e. The molecule has 1 N–H and O–H groups in total. The summed E-state index contributed by atoms with van der Waals surface area (Å²) in [6, 6.07) is 0. The van der Waals surface area contributed by atoms with Crippen molar-refractivity contribution in [1.82, 2.24) is 15.3 Å². The molecular formula is C11H19N3O3. The van der Waals surface area contributed by atoms with E-state index in [9.17, 15) is 0 Å². The first-order valence-corrected chi connectivity index (χ1v) is 5.52. The van der Waals surface area contributed by atoms with E-state index < -0.39 is 0 Å². The summed E-state index contributed by atoms with van der Waals surface area (Å²) in [5.74, 6) is 0.514. The Labute approximate surface area is 101 Å². The number of aromatic nitrogens is 2. The molecule has 6 heteroatoms. The average Bonchev–Trinajstić information content (AvgIpc) is 2.36. The molecule has 96 valence electrons. The van der Waals surface area contributed by atoms with Gasteiger partial charge in [0, 0.05) is 13.7 Å². The topological polar surface area (TPSA) is 65.5 Å². The maximum absolute atomic E-state index is 5.36. The summed E-state index contributed by atoms with van der Waals surface area (Å²) in [6.45, 7) is 2.85. The van der Waals surface area contributed by atoms with E-state index in [0.29, 0.717) is 38.9 Å². The molecule has 0 atom stereocenters.